The van der Waals surface area contributed by atoms with Gasteiger partial charge < -0.3 is 10.1 Å². The molecule has 2 heteroatoms. The molecule has 1 heterocycles. The summed E-state index contributed by atoms with van der Waals surface area (Å²) in [6.07, 6.45) is 14.2. The van der Waals surface area contributed by atoms with Crippen LogP contribution in [0, 0.1) is 11.8 Å². The molecule has 0 aromatic carbocycles. The summed E-state index contributed by atoms with van der Waals surface area (Å²) in [4.78, 5) is 0. The van der Waals surface area contributed by atoms with Crippen molar-refractivity contribution in [2.45, 2.75) is 83.3 Å². The first-order chi connectivity index (χ1) is 9.33. The van der Waals surface area contributed by atoms with Crippen LogP contribution in [0.25, 0.3) is 0 Å². The summed E-state index contributed by atoms with van der Waals surface area (Å²) in [5.41, 5.74) is 0. The predicted octanol–water partition coefficient (Wildman–Crippen LogP) is 4.14. The average Bonchev–Trinajstić information content (AvgIpc) is 2.49. The first kappa shape index (κ1) is 15.3. The molecule has 0 spiro atoms. The number of hydrogen-bond acceptors (Lipinski definition) is 2. The first-order valence-corrected chi connectivity index (χ1v) is 8.62. The highest BCUT2D eigenvalue weighted by Crippen LogP contribution is 2.34. The van der Waals surface area contributed by atoms with Gasteiger partial charge in [0.2, 0.25) is 0 Å². The van der Waals surface area contributed by atoms with Gasteiger partial charge in [0.25, 0.3) is 0 Å². The molecule has 1 saturated heterocycles. The van der Waals surface area contributed by atoms with E-state index in [1.807, 2.05) is 0 Å². The molecule has 112 valence electrons. The standard InChI is InChI=1S/C17H33NO/c1-3-14-7-6-8-15(13-14)17(18-2)11-10-16-9-4-5-12-19-16/h14-18H,3-13H2,1-2H3. The van der Waals surface area contributed by atoms with Gasteiger partial charge >= 0.3 is 0 Å². The van der Waals surface area contributed by atoms with Crippen LogP contribution in [0.4, 0.5) is 0 Å². The van der Waals surface area contributed by atoms with Gasteiger partial charge in [-0.15, -0.1) is 0 Å². The number of nitrogens with one attached hydrogen (secondary N) is 1. The van der Waals surface area contributed by atoms with Crippen molar-refractivity contribution in [3.63, 3.8) is 0 Å². The molecule has 0 bridgehead atoms. The minimum absolute atomic E-state index is 0.551. The van der Waals surface area contributed by atoms with Crippen molar-refractivity contribution in [2.24, 2.45) is 11.8 Å². The minimum Gasteiger partial charge on any atom is -0.378 e. The Hall–Kier alpha value is -0.0800. The molecular weight excluding hydrogens is 234 g/mol. The van der Waals surface area contributed by atoms with E-state index in [1.165, 1.54) is 64.2 Å². The van der Waals surface area contributed by atoms with Crippen LogP contribution in [-0.2, 0) is 4.74 Å². The smallest absolute Gasteiger partial charge is 0.0575 e. The first-order valence-electron chi connectivity index (χ1n) is 8.62. The summed E-state index contributed by atoms with van der Waals surface area (Å²) < 4.78 is 5.87. The largest absolute Gasteiger partial charge is 0.378 e. The van der Waals surface area contributed by atoms with Crippen molar-refractivity contribution in [1.82, 2.24) is 5.32 Å². The Morgan fingerprint density at radius 2 is 2.05 bits per heavy atom. The Labute approximate surface area is 119 Å². The second-order valence-electron chi connectivity index (χ2n) is 6.66. The number of hydrogen-bond donors (Lipinski definition) is 1. The molecule has 4 atom stereocenters. The van der Waals surface area contributed by atoms with Crippen molar-refractivity contribution < 1.29 is 4.74 Å². The fourth-order valence-corrected chi connectivity index (χ4v) is 4.09. The van der Waals surface area contributed by atoms with Crippen molar-refractivity contribution in [2.75, 3.05) is 13.7 Å². The van der Waals surface area contributed by atoms with Crippen molar-refractivity contribution in [1.29, 1.82) is 0 Å². The van der Waals surface area contributed by atoms with Gasteiger partial charge in [-0.3, -0.25) is 0 Å². The van der Waals surface area contributed by atoms with E-state index in [2.05, 4.69) is 19.3 Å². The van der Waals surface area contributed by atoms with Gasteiger partial charge in [0.05, 0.1) is 6.10 Å². The maximum Gasteiger partial charge on any atom is 0.0575 e. The Morgan fingerprint density at radius 3 is 2.74 bits per heavy atom. The molecule has 0 amide bonds. The van der Waals surface area contributed by atoms with Crippen LogP contribution in [0.3, 0.4) is 0 Å². The molecule has 0 aromatic heterocycles. The van der Waals surface area contributed by atoms with E-state index in [1.54, 1.807) is 0 Å². The summed E-state index contributed by atoms with van der Waals surface area (Å²) in [5, 5.41) is 3.60. The third kappa shape index (κ3) is 4.75. The summed E-state index contributed by atoms with van der Waals surface area (Å²) in [5.74, 6) is 1.90. The topological polar surface area (TPSA) is 21.3 Å². The molecule has 2 rings (SSSR count). The van der Waals surface area contributed by atoms with Gasteiger partial charge in [-0.05, 0) is 63.8 Å². The minimum atomic E-state index is 0.551. The summed E-state index contributed by atoms with van der Waals surface area (Å²) in [7, 11) is 2.15. The van der Waals surface area contributed by atoms with Gasteiger partial charge in [-0.1, -0.05) is 26.2 Å². The Balaban J connectivity index is 1.75. The lowest BCUT2D eigenvalue weighted by Gasteiger charge is -2.35. The van der Waals surface area contributed by atoms with Gasteiger partial charge in [0.15, 0.2) is 0 Å². The SMILES string of the molecule is CCC1CCCC(C(CCC2CCCCO2)NC)C1. The maximum absolute atomic E-state index is 5.87. The Morgan fingerprint density at radius 1 is 1.16 bits per heavy atom. The molecule has 4 unspecified atom stereocenters. The van der Waals surface area contributed by atoms with E-state index < -0.39 is 0 Å². The van der Waals surface area contributed by atoms with Crippen LogP contribution < -0.4 is 5.32 Å². The summed E-state index contributed by atoms with van der Waals surface area (Å²) in [6.45, 7) is 3.35. The fraction of sp³-hybridized carbons (Fsp3) is 1.00. The molecule has 2 nitrogen and oxygen atoms in total. The van der Waals surface area contributed by atoms with E-state index >= 15 is 0 Å². The summed E-state index contributed by atoms with van der Waals surface area (Å²) in [6, 6.07) is 0.722. The van der Waals surface area contributed by atoms with E-state index in [-0.39, 0.29) is 0 Å². The van der Waals surface area contributed by atoms with E-state index in [4.69, 9.17) is 4.74 Å². The molecular formula is C17H33NO. The second kappa shape index (κ2) is 8.26. The molecule has 1 N–H and O–H groups in total. The molecule has 0 radical (unpaired) electrons. The number of rotatable bonds is 6. The molecule has 1 aliphatic heterocycles. The highest BCUT2D eigenvalue weighted by molar-refractivity contribution is 4.82. The molecule has 1 saturated carbocycles. The Bertz CT molecular complexity index is 237. The second-order valence-corrected chi connectivity index (χ2v) is 6.66. The lowest BCUT2D eigenvalue weighted by molar-refractivity contribution is 0.00690. The predicted molar refractivity (Wildman–Crippen MR) is 81.4 cm³/mol. The lowest BCUT2D eigenvalue weighted by Crippen LogP contribution is -2.37. The van der Waals surface area contributed by atoms with E-state index in [0.29, 0.717) is 6.10 Å². The highest BCUT2D eigenvalue weighted by atomic mass is 16.5. The van der Waals surface area contributed by atoms with Gasteiger partial charge in [-0.2, -0.15) is 0 Å². The fourth-order valence-electron chi connectivity index (χ4n) is 4.09. The van der Waals surface area contributed by atoms with Crippen LogP contribution in [0.15, 0.2) is 0 Å². The van der Waals surface area contributed by atoms with E-state index in [0.717, 1.165) is 24.5 Å². The maximum atomic E-state index is 5.87. The zero-order valence-electron chi connectivity index (χ0n) is 13.0. The third-order valence-corrected chi connectivity index (χ3v) is 5.41. The van der Waals surface area contributed by atoms with Crippen LogP contribution in [-0.4, -0.2) is 25.8 Å². The molecule has 2 aliphatic rings. The average molecular weight is 267 g/mol. The Kier molecular flexibility index (Phi) is 6.66. The van der Waals surface area contributed by atoms with Gasteiger partial charge in [0.1, 0.15) is 0 Å². The molecule has 0 aromatic rings. The van der Waals surface area contributed by atoms with Gasteiger partial charge in [-0.25, -0.2) is 0 Å². The monoisotopic (exact) mass is 267 g/mol. The summed E-state index contributed by atoms with van der Waals surface area (Å²) >= 11 is 0. The third-order valence-electron chi connectivity index (χ3n) is 5.41. The van der Waals surface area contributed by atoms with Crippen LogP contribution in [0.1, 0.15) is 71.1 Å². The lowest BCUT2D eigenvalue weighted by atomic mass is 9.75. The molecule has 2 fully saturated rings. The van der Waals surface area contributed by atoms with Gasteiger partial charge in [0, 0.05) is 12.6 Å². The highest BCUT2D eigenvalue weighted by Gasteiger charge is 2.27. The van der Waals surface area contributed by atoms with E-state index in [9.17, 15) is 0 Å². The van der Waals surface area contributed by atoms with Crippen molar-refractivity contribution in [3.8, 4) is 0 Å². The zero-order valence-corrected chi connectivity index (χ0v) is 13.0. The molecule has 1 aliphatic carbocycles. The quantitative estimate of drug-likeness (QED) is 0.781. The van der Waals surface area contributed by atoms with Crippen molar-refractivity contribution >= 4 is 0 Å². The van der Waals surface area contributed by atoms with Crippen LogP contribution >= 0.6 is 0 Å². The molecule has 19 heavy (non-hydrogen) atoms. The normalized spacial score (nSPS) is 34.1. The zero-order chi connectivity index (χ0) is 13.5. The van der Waals surface area contributed by atoms with Crippen molar-refractivity contribution in [3.05, 3.63) is 0 Å². The van der Waals surface area contributed by atoms with Crippen LogP contribution in [0.2, 0.25) is 0 Å². The van der Waals surface area contributed by atoms with Crippen LogP contribution in [0.5, 0.6) is 0 Å². The number of ether oxygens (including phenoxy) is 1.